The quantitative estimate of drug-likeness (QED) is 0.780. The second-order valence-electron chi connectivity index (χ2n) is 7.29. The molecule has 1 amide bonds. The van der Waals surface area contributed by atoms with Crippen molar-refractivity contribution in [2.75, 3.05) is 5.32 Å². The average Bonchev–Trinajstić information content (AvgIpc) is 2.90. The lowest BCUT2D eigenvalue weighted by molar-refractivity contribution is -0.121. The van der Waals surface area contributed by atoms with E-state index in [1.807, 2.05) is 31.2 Å². The summed E-state index contributed by atoms with van der Waals surface area (Å²) >= 11 is 6.38. The van der Waals surface area contributed by atoms with E-state index in [-0.39, 0.29) is 17.6 Å². The lowest BCUT2D eigenvalue weighted by Gasteiger charge is -2.39. The summed E-state index contributed by atoms with van der Waals surface area (Å²) in [4.78, 5) is 13.4. The minimum atomic E-state index is -0.723. The zero-order chi connectivity index (χ0) is 17.6. The number of aromatic hydroxyl groups is 1. The molecule has 1 fully saturated rings. The third-order valence-corrected chi connectivity index (χ3v) is 6.08. The SMILES string of the molecule is Cc1cc(Cl)cc2c1NC(=O)C2(c1ccc(O)cc1)C1CCCCC1. The first kappa shape index (κ1) is 16.5. The molecular weight excluding hydrogens is 334 g/mol. The number of halogens is 1. The average molecular weight is 356 g/mol. The number of amides is 1. The molecule has 130 valence electrons. The summed E-state index contributed by atoms with van der Waals surface area (Å²) in [6, 6.07) is 11.0. The minimum absolute atomic E-state index is 0.0328. The molecule has 0 aromatic heterocycles. The van der Waals surface area contributed by atoms with Crippen LogP contribution in [0.4, 0.5) is 5.69 Å². The number of carbonyl (C=O) groups excluding carboxylic acids is 1. The molecule has 4 rings (SSSR count). The fourth-order valence-corrected chi connectivity index (χ4v) is 5.01. The first-order valence-corrected chi connectivity index (χ1v) is 9.33. The van der Waals surface area contributed by atoms with Crippen LogP contribution in [0.1, 0.15) is 48.8 Å². The Labute approximate surface area is 153 Å². The zero-order valence-electron chi connectivity index (χ0n) is 14.3. The highest BCUT2D eigenvalue weighted by Crippen LogP contribution is 2.53. The van der Waals surface area contributed by atoms with Crippen LogP contribution in [0, 0.1) is 12.8 Å². The molecule has 2 N–H and O–H groups in total. The van der Waals surface area contributed by atoms with Crippen molar-refractivity contribution in [3.8, 4) is 5.75 Å². The number of hydrogen-bond acceptors (Lipinski definition) is 2. The van der Waals surface area contributed by atoms with Gasteiger partial charge in [-0.1, -0.05) is 43.0 Å². The number of nitrogens with one attached hydrogen (secondary N) is 1. The molecular formula is C21H22ClNO2. The smallest absolute Gasteiger partial charge is 0.239 e. The van der Waals surface area contributed by atoms with Crippen molar-refractivity contribution in [3.63, 3.8) is 0 Å². The van der Waals surface area contributed by atoms with Gasteiger partial charge in [-0.05, 0) is 66.6 Å². The van der Waals surface area contributed by atoms with Crippen LogP contribution in [0.2, 0.25) is 5.02 Å². The van der Waals surface area contributed by atoms with Crippen molar-refractivity contribution in [1.82, 2.24) is 0 Å². The molecule has 0 spiro atoms. The number of aryl methyl sites for hydroxylation is 1. The molecule has 1 aliphatic heterocycles. The Morgan fingerprint density at radius 3 is 2.48 bits per heavy atom. The molecule has 2 aromatic rings. The molecule has 1 atom stereocenters. The maximum Gasteiger partial charge on any atom is 0.239 e. The van der Waals surface area contributed by atoms with E-state index in [2.05, 4.69) is 5.32 Å². The van der Waals surface area contributed by atoms with Crippen molar-refractivity contribution in [3.05, 3.63) is 58.1 Å². The molecule has 0 bridgehead atoms. The second kappa shape index (κ2) is 6.06. The highest BCUT2D eigenvalue weighted by Gasteiger charge is 2.53. The molecule has 0 saturated heterocycles. The van der Waals surface area contributed by atoms with Gasteiger partial charge in [0.25, 0.3) is 0 Å². The topological polar surface area (TPSA) is 49.3 Å². The van der Waals surface area contributed by atoms with Crippen LogP contribution in [0.15, 0.2) is 36.4 Å². The summed E-state index contributed by atoms with van der Waals surface area (Å²) in [5.41, 5.74) is 3.09. The Morgan fingerprint density at radius 1 is 1.12 bits per heavy atom. The van der Waals surface area contributed by atoms with E-state index in [1.165, 1.54) is 6.42 Å². The number of hydrogen-bond donors (Lipinski definition) is 2. The monoisotopic (exact) mass is 355 g/mol. The molecule has 2 aromatic carbocycles. The van der Waals surface area contributed by atoms with Crippen LogP contribution in [-0.4, -0.2) is 11.0 Å². The molecule has 1 aliphatic carbocycles. The first-order chi connectivity index (χ1) is 12.0. The van der Waals surface area contributed by atoms with E-state index in [0.717, 1.165) is 48.1 Å². The number of phenolic OH excluding ortho intramolecular Hbond substituents is 1. The zero-order valence-corrected chi connectivity index (χ0v) is 15.1. The molecule has 0 radical (unpaired) electrons. The molecule has 3 nitrogen and oxygen atoms in total. The van der Waals surface area contributed by atoms with Crippen molar-refractivity contribution in [1.29, 1.82) is 0 Å². The van der Waals surface area contributed by atoms with E-state index in [4.69, 9.17) is 11.6 Å². The van der Waals surface area contributed by atoms with E-state index in [9.17, 15) is 9.90 Å². The largest absolute Gasteiger partial charge is 0.508 e. The lowest BCUT2D eigenvalue weighted by Crippen LogP contribution is -2.43. The van der Waals surface area contributed by atoms with Gasteiger partial charge >= 0.3 is 0 Å². The van der Waals surface area contributed by atoms with Crippen molar-refractivity contribution >= 4 is 23.2 Å². The maximum absolute atomic E-state index is 13.4. The number of carbonyl (C=O) groups is 1. The maximum atomic E-state index is 13.4. The minimum Gasteiger partial charge on any atom is -0.508 e. The van der Waals surface area contributed by atoms with Gasteiger partial charge in [-0.25, -0.2) is 0 Å². The van der Waals surface area contributed by atoms with Crippen LogP contribution >= 0.6 is 11.6 Å². The number of rotatable bonds is 2. The van der Waals surface area contributed by atoms with Gasteiger partial charge in [-0.3, -0.25) is 4.79 Å². The third-order valence-electron chi connectivity index (χ3n) is 5.86. The van der Waals surface area contributed by atoms with Crippen molar-refractivity contribution < 1.29 is 9.90 Å². The summed E-state index contributed by atoms with van der Waals surface area (Å²) in [6.07, 6.45) is 5.57. The normalized spacial score (nSPS) is 23.4. The van der Waals surface area contributed by atoms with Crippen LogP contribution < -0.4 is 5.32 Å². The molecule has 1 heterocycles. The van der Waals surface area contributed by atoms with Crippen LogP contribution in [0.3, 0.4) is 0 Å². The number of fused-ring (bicyclic) bond motifs is 1. The van der Waals surface area contributed by atoms with Gasteiger partial charge in [-0.2, -0.15) is 0 Å². The summed E-state index contributed by atoms with van der Waals surface area (Å²) in [7, 11) is 0. The Bertz CT molecular complexity index is 825. The molecule has 4 heteroatoms. The standard InChI is InChI=1S/C21H22ClNO2/c1-13-11-16(22)12-18-19(13)23-20(25)21(18,14-5-3-2-4-6-14)15-7-9-17(24)10-8-15/h7-12,14,24H,2-6H2,1H3,(H,23,25). The first-order valence-electron chi connectivity index (χ1n) is 8.95. The van der Waals surface area contributed by atoms with Crippen LogP contribution in [0.25, 0.3) is 0 Å². The van der Waals surface area contributed by atoms with Crippen molar-refractivity contribution in [2.45, 2.75) is 44.4 Å². The summed E-state index contributed by atoms with van der Waals surface area (Å²) in [6.45, 7) is 1.98. The third kappa shape index (κ3) is 2.44. The van der Waals surface area contributed by atoms with Gasteiger partial charge in [0, 0.05) is 10.7 Å². The van der Waals surface area contributed by atoms with Gasteiger partial charge in [0.05, 0.1) is 0 Å². The highest BCUT2D eigenvalue weighted by molar-refractivity contribution is 6.31. The summed E-state index contributed by atoms with van der Waals surface area (Å²) in [5, 5.41) is 13.5. The molecule has 1 unspecified atom stereocenters. The van der Waals surface area contributed by atoms with E-state index < -0.39 is 5.41 Å². The van der Waals surface area contributed by atoms with Crippen LogP contribution in [0.5, 0.6) is 5.75 Å². The molecule has 25 heavy (non-hydrogen) atoms. The van der Waals surface area contributed by atoms with Gasteiger partial charge in [-0.15, -0.1) is 0 Å². The predicted molar refractivity (Wildman–Crippen MR) is 100 cm³/mol. The molecule has 1 saturated carbocycles. The Morgan fingerprint density at radius 2 is 1.80 bits per heavy atom. The predicted octanol–water partition coefficient (Wildman–Crippen LogP) is 5.17. The highest BCUT2D eigenvalue weighted by atomic mass is 35.5. The summed E-state index contributed by atoms with van der Waals surface area (Å²) in [5.74, 6) is 0.485. The number of anilines is 1. The molecule has 2 aliphatic rings. The van der Waals surface area contributed by atoms with Gasteiger partial charge in [0.15, 0.2) is 0 Å². The fourth-order valence-electron chi connectivity index (χ4n) is 4.74. The van der Waals surface area contributed by atoms with E-state index in [1.54, 1.807) is 12.1 Å². The van der Waals surface area contributed by atoms with Gasteiger partial charge < -0.3 is 10.4 Å². The fraction of sp³-hybridized carbons (Fsp3) is 0.381. The van der Waals surface area contributed by atoms with Gasteiger partial charge in [0.1, 0.15) is 11.2 Å². The van der Waals surface area contributed by atoms with E-state index >= 15 is 0 Å². The van der Waals surface area contributed by atoms with Crippen molar-refractivity contribution in [2.24, 2.45) is 5.92 Å². The number of benzene rings is 2. The van der Waals surface area contributed by atoms with Crippen LogP contribution in [-0.2, 0) is 10.2 Å². The Balaban J connectivity index is 1.99. The second-order valence-corrected chi connectivity index (χ2v) is 7.73. The van der Waals surface area contributed by atoms with E-state index in [0.29, 0.717) is 5.02 Å². The Kier molecular flexibility index (Phi) is 3.99. The Hall–Kier alpha value is -2.00. The summed E-state index contributed by atoms with van der Waals surface area (Å²) < 4.78 is 0. The lowest BCUT2D eigenvalue weighted by atomic mass is 9.62. The number of phenols is 1. The van der Waals surface area contributed by atoms with Gasteiger partial charge in [0.2, 0.25) is 5.91 Å².